The van der Waals surface area contributed by atoms with Crippen LogP contribution < -0.4 is 0 Å². The fraction of sp³-hybridized carbons (Fsp3) is 0.0588. The molecule has 0 radical (unpaired) electrons. The van der Waals surface area contributed by atoms with E-state index in [0.717, 1.165) is 23.5 Å². The van der Waals surface area contributed by atoms with Gasteiger partial charge >= 0.3 is 6.18 Å². The van der Waals surface area contributed by atoms with Crippen LogP contribution >= 0.6 is 11.3 Å². The zero-order chi connectivity index (χ0) is 17.3. The van der Waals surface area contributed by atoms with Gasteiger partial charge in [-0.25, -0.2) is 9.37 Å². The molecule has 2 aromatic carbocycles. The lowest BCUT2D eigenvalue weighted by Crippen LogP contribution is -2.03. The van der Waals surface area contributed by atoms with Crippen LogP contribution in [0.2, 0.25) is 0 Å². The van der Waals surface area contributed by atoms with E-state index in [1.807, 2.05) is 6.07 Å². The molecule has 120 valence electrons. The first-order chi connectivity index (χ1) is 11.4. The molecular formula is C17H8F4N2S. The first-order valence-corrected chi connectivity index (χ1v) is 7.54. The quantitative estimate of drug-likeness (QED) is 0.452. The fourth-order valence-electron chi connectivity index (χ4n) is 2.11. The summed E-state index contributed by atoms with van der Waals surface area (Å²) in [6, 6.07) is 11.1. The van der Waals surface area contributed by atoms with Gasteiger partial charge in [-0.3, -0.25) is 0 Å². The molecule has 0 spiro atoms. The van der Waals surface area contributed by atoms with Crippen molar-refractivity contribution in [3.63, 3.8) is 0 Å². The first kappa shape index (κ1) is 16.1. The van der Waals surface area contributed by atoms with Crippen LogP contribution in [0.3, 0.4) is 0 Å². The Hall–Kier alpha value is -2.72. The Kier molecular flexibility index (Phi) is 4.08. The molecule has 0 N–H and O–H groups in total. The molecule has 0 saturated heterocycles. The SMILES string of the molecule is N#CC(=Cc1ccccc1F)c1nc2cc(C(F)(F)F)ccc2s1. The lowest BCUT2D eigenvalue weighted by atomic mass is 10.1. The average Bonchev–Trinajstić information content (AvgIpc) is 2.96. The normalized spacial score (nSPS) is 12.4. The van der Waals surface area contributed by atoms with Crippen LogP contribution in [0.1, 0.15) is 16.1 Å². The third-order valence-electron chi connectivity index (χ3n) is 3.27. The number of thiazole rings is 1. The summed E-state index contributed by atoms with van der Waals surface area (Å²) in [5.74, 6) is -0.495. The van der Waals surface area contributed by atoms with E-state index in [0.29, 0.717) is 4.70 Å². The van der Waals surface area contributed by atoms with E-state index in [1.54, 1.807) is 6.07 Å². The summed E-state index contributed by atoms with van der Waals surface area (Å²) in [6.07, 6.45) is -3.13. The van der Waals surface area contributed by atoms with Crippen LogP contribution in [-0.4, -0.2) is 4.98 Å². The minimum absolute atomic E-state index is 0.0925. The van der Waals surface area contributed by atoms with Crippen molar-refractivity contribution in [1.29, 1.82) is 5.26 Å². The maximum Gasteiger partial charge on any atom is 0.416 e. The highest BCUT2D eigenvalue weighted by atomic mass is 32.1. The first-order valence-electron chi connectivity index (χ1n) is 6.73. The van der Waals surface area contributed by atoms with Gasteiger partial charge in [0.05, 0.1) is 21.4 Å². The summed E-state index contributed by atoms with van der Waals surface area (Å²) in [4.78, 5) is 4.09. The molecule has 7 heteroatoms. The minimum atomic E-state index is -4.46. The van der Waals surface area contributed by atoms with Gasteiger partial charge in [-0.1, -0.05) is 18.2 Å². The van der Waals surface area contributed by atoms with E-state index in [4.69, 9.17) is 0 Å². The number of hydrogen-bond acceptors (Lipinski definition) is 3. The Bertz CT molecular complexity index is 980. The second-order valence-corrected chi connectivity index (χ2v) is 5.92. The molecule has 1 heterocycles. The van der Waals surface area contributed by atoms with Crippen LogP contribution in [-0.2, 0) is 6.18 Å². The van der Waals surface area contributed by atoms with Gasteiger partial charge in [0.15, 0.2) is 0 Å². The number of benzene rings is 2. The van der Waals surface area contributed by atoms with E-state index in [1.165, 1.54) is 30.3 Å². The molecule has 0 fully saturated rings. The van der Waals surface area contributed by atoms with E-state index in [2.05, 4.69) is 4.98 Å². The van der Waals surface area contributed by atoms with Crippen LogP contribution in [0, 0.1) is 17.1 Å². The van der Waals surface area contributed by atoms with Crippen molar-refractivity contribution in [1.82, 2.24) is 4.98 Å². The van der Waals surface area contributed by atoms with E-state index in [-0.39, 0.29) is 21.7 Å². The number of nitriles is 1. The van der Waals surface area contributed by atoms with E-state index < -0.39 is 17.6 Å². The summed E-state index contributed by atoms with van der Waals surface area (Å²) < 4.78 is 52.5. The van der Waals surface area contributed by atoms with E-state index >= 15 is 0 Å². The Labute approximate surface area is 138 Å². The Morgan fingerprint density at radius 2 is 1.92 bits per heavy atom. The van der Waals surface area contributed by atoms with Crippen molar-refractivity contribution in [2.45, 2.75) is 6.18 Å². The second kappa shape index (κ2) is 6.06. The Balaban J connectivity index is 2.08. The number of nitrogens with zero attached hydrogens (tertiary/aromatic N) is 2. The van der Waals surface area contributed by atoms with Gasteiger partial charge in [-0.2, -0.15) is 18.4 Å². The zero-order valence-corrected chi connectivity index (χ0v) is 12.7. The number of allylic oxidation sites excluding steroid dienone is 1. The number of alkyl halides is 3. The standard InChI is InChI=1S/C17H8F4N2S/c18-13-4-2-1-3-10(13)7-11(9-22)16-23-14-8-12(17(19,20)21)5-6-15(14)24-16/h1-8H. The molecule has 0 aliphatic rings. The van der Waals surface area contributed by atoms with Crippen molar-refractivity contribution in [3.8, 4) is 6.07 Å². The molecule has 2 nitrogen and oxygen atoms in total. The topological polar surface area (TPSA) is 36.7 Å². The van der Waals surface area contributed by atoms with Gasteiger partial charge in [0.25, 0.3) is 0 Å². The molecule has 1 aromatic heterocycles. The Morgan fingerprint density at radius 1 is 1.17 bits per heavy atom. The summed E-state index contributed by atoms with van der Waals surface area (Å²) in [6.45, 7) is 0. The third kappa shape index (κ3) is 3.14. The molecule has 0 bridgehead atoms. The highest BCUT2D eigenvalue weighted by molar-refractivity contribution is 7.19. The molecule has 24 heavy (non-hydrogen) atoms. The van der Waals surface area contributed by atoms with Gasteiger partial charge < -0.3 is 0 Å². The largest absolute Gasteiger partial charge is 0.416 e. The van der Waals surface area contributed by atoms with Crippen molar-refractivity contribution in [2.75, 3.05) is 0 Å². The lowest BCUT2D eigenvalue weighted by molar-refractivity contribution is -0.137. The van der Waals surface area contributed by atoms with E-state index in [9.17, 15) is 22.8 Å². The molecule has 3 rings (SSSR count). The van der Waals surface area contributed by atoms with Crippen molar-refractivity contribution < 1.29 is 17.6 Å². The maximum absolute atomic E-state index is 13.7. The maximum atomic E-state index is 13.7. The summed E-state index contributed by atoms with van der Waals surface area (Å²) in [5.41, 5.74) is -0.345. The van der Waals surface area contributed by atoms with Crippen LogP contribution in [0.5, 0.6) is 0 Å². The fourth-order valence-corrected chi connectivity index (χ4v) is 3.02. The summed E-state index contributed by atoms with van der Waals surface area (Å²) >= 11 is 1.08. The lowest BCUT2D eigenvalue weighted by Gasteiger charge is -2.04. The van der Waals surface area contributed by atoms with Gasteiger partial charge in [-0.15, -0.1) is 11.3 Å². The summed E-state index contributed by atoms with van der Waals surface area (Å²) in [5, 5.41) is 9.53. The predicted octanol–water partition coefficient (Wildman–Crippen LogP) is 5.52. The number of halogens is 4. The van der Waals surface area contributed by atoms with Gasteiger partial charge in [0.1, 0.15) is 16.9 Å². The smallest absolute Gasteiger partial charge is 0.235 e. The molecule has 0 aliphatic carbocycles. The van der Waals surface area contributed by atoms with Gasteiger partial charge in [0, 0.05) is 5.56 Å². The third-order valence-corrected chi connectivity index (χ3v) is 4.34. The number of hydrogen-bond donors (Lipinski definition) is 0. The molecule has 0 amide bonds. The molecule has 0 atom stereocenters. The average molecular weight is 348 g/mol. The zero-order valence-electron chi connectivity index (χ0n) is 11.9. The molecule has 0 aliphatic heterocycles. The van der Waals surface area contributed by atoms with Gasteiger partial charge in [0.2, 0.25) is 0 Å². The van der Waals surface area contributed by atoms with Crippen molar-refractivity contribution in [2.24, 2.45) is 0 Å². The number of fused-ring (bicyclic) bond motifs is 1. The van der Waals surface area contributed by atoms with Crippen LogP contribution in [0.25, 0.3) is 21.9 Å². The van der Waals surface area contributed by atoms with Crippen LogP contribution in [0.4, 0.5) is 17.6 Å². The Morgan fingerprint density at radius 3 is 2.58 bits per heavy atom. The monoisotopic (exact) mass is 348 g/mol. The summed E-state index contributed by atoms with van der Waals surface area (Å²) in [7, 11) is 0. The predicted molar refractivity (Wildman–Crippen MR) is 84.5 cm³/mol. The van der Waals surface area contributed by atoms with Crippen molar-refractivity contribution in [3.05, 3.63) is 64.4 Å². The molecular weight excluding hydrogens is 340 g/mol. The van der Waals surface area contributed by atoms with Crippen molar-refractivity contribution >= 4 is 33.2 Å². The van der Waals surface area contributed by atoms with Crippen LogP contribution in [0.15, 0.2) is 42.5 Å². The number of aromatic nitrogens is 1. The highest BCUT2D eigenvalue weighted by Crippen LogP contribution is 2.34. The molecule has 0 saturated carbocycles. The highest BCUT2D eigenvalue weighted by Gasteiger charge is 2.30. The molecule has 3 aromatic rings. The second-order valence-electron chi connectivity index (χ2n) is 4.89. The van der Waals surface area contributed by atoms with Gasteiger partial charge in [-0.05, 0) is 30.3 Å². The molecule has 0 unspecified atom stereocenters. The number of rotatable bonds is 2. The minimum Gasteiger partial charge on any atom is -0.235 e.